The van der Waals surface area contributed by atoms with Crippen LogP contribution in [0.15, 0.2) is 18.2 Å². The van der Waals surface area contributed by atoms with Crippen molar-refractivity contribution in [2.75, 3.05) is 0 Å². The average Bonchev–Trinajstić information content (AvgIpc) is 2.74. The molecule has 0 bridgehead atoms. The Labute approximate surface area is 120 Å². The first-order valence-corrected chi connectivity index (χ1v) is 7.93. The SMILES string of the molecule is C[C@]12CCC(=O)[C@H]1[C@H]1CCc3cc(O)ccc3[C@H]1CC2. The number of carbonyl (C=O) groups is 1. The van der Waals surface area contributed by atoms with E-state index in [0.29, 0.717) is 29.3 Å². The number of carbonyl (C=O) groups excluding carboxylic acids is 1. The van der Waals surface area contributed by atoms with Crippen LogP contribution < -0.4 is 0 Å². The van der Waals surface area contributed by atoms with Crippen molar-refractivity contribution in [3.05, 3.63) is 29.3 Å². The summed E-state index contributed by atoms with van der Waals surface area (Å²) in [6, 6.07) is 5.84. The number of phenols is 1. The summed E-state index contributed by atoms with van der Waals surface area (Å²) in [6.45, 7) is 2.34. The molecule has 4 rings (SSSR count). The molecule has 3 aliphatic rings. The Morgan fingerprint density at radius 1 is 1.20 bits per heavy atom. The highest BCUT2D eigenvalue weighted by atomic mass is 16.3. The van der Waals surface area contributed by atoms with Gasteiger partial charge in [-0.1, -0.05) is 13.0 Å². The number of fused-ring (bicyclic) bond motifs is 5. The second kappa shape index (κ2) is 4.09. The third-order valence-electron chi connectivity index (χ3n) is 6.28. The summed E-state index contributed by atoms with van der Waals surface area (Å²) in [5.41, 5.74) is 2.98. The van der Waals surface area contributed by atoms with Crippen molar-refractivity contribution >= 4 is 5.78 Å². The van der Waals surface area contributed by atoms with E-state index in [1.165, 1.54) is 24.0 Å². The van der Waals surface area contributed by atoms with Gasteiger partial charge in [-0.05, 0) is 72.6 Å². The molecule has 0 amide bonds. The van der Waals surface area contributed by atoms with Gasteiger partial charge < -0.3 is 5.11 Å². The summed E-state index contributed by atoms with van der Waals surface area (Å²) in [5.74, 6) is 2.27. The van der Waals surface area contributed by atoms with Gasteiger partial charge in [-0.2, -0.15) is 0 Å². The fraction of sp³-hybridized carbons (Fsp3) is 0.611. The first kappa shape index (κ1) is 12.4. The van der Waals surface area contributed by atoms with E-state index in [0.717, 1.165) is 25.7 Å². The molecule has 1 aromatic rings. The van der Waals surface area contributed by atoms with Crippen molar-refractivity contribution < 1.29 is 9.90 Å². The van der Waals surface area contributed by atoms with Crippen LogP contribution in [0.25, 0.3) is 0 Å². The molecule has 1 aromatic carbocycles. The number of ketones is 1. The Bertz CT molecular complexity index is 577. The zero-order valence-corrected chi connectivity index (χ0v) is 12.1. The van der Waals surface area contributed by atoms with Gasteiger partial charge in [0.1, 0.15) is 11.5 Å². The third-order valence-corrected chi connectivity index (χ3v) is 6.28. The molecule has 4 atom stereocenters. The van der Waals surface area contributed by atoms with Crippen molar-refractivity contribution in [3.63, 3.8) is 0 Å². The largest absolute Gasteiger partial charge is 0.508 e. The number of phenolic OH excluding ortho intramolecular Hbond substituents is 1. The van der Waals surface area contributed by atoms with Crippen LogP contribution in [0.4, 0.5) is 0 Å². The monoisotopic (exact) mass is 270 g/mol. The Kier molecular flexibility index (Phi) is 2.55. The fourth-order valence-corrected chi connectivity index (χ4v) is 5.32. The van der Waals surface area contributed by atoms with Gasteiger partial charge in [0.25, 0.3) is 0 Å². The first-order valence-electron chi connectivity index (χ1n) is 7.93. The van der Waals surface area contributed by atoms with Crippen LogP contribution in [-0.4, -0.2) is 10.9 Å². The van der Waals surface area contributed by atoms with E-state index < -0.39 is 0 Å². The third kappa shape index (κ3) is 1.60. The Morgan fingerprint density at radius 2 is 2.05 bits per heavy atom. The molecule has 0 saturated heterocycles. The van der Waals surface area contributed by atoms with E-state index in [-0.39, 0.29) is 5.41 Å². The molecule has 0 radical (unpaired) electrons. The maximum atomic E-state index is 12.4. The van der Waals surface area contributed by atoms with E-state index in [1.807, 2.05) is 12.1 Å². The van der Waals surface area contributed by atoms with Gasteiger partial charge in [0.15, 0.2) is 0 Å². The van der Waals surface area contributed by atoms with Crippen LogP contribution in [-0.2, 0) is 11.2 Å². The molecule has 2 heteroatoms. The van der Waals surface area contributed by atoms with Crippen molar-refractivity contribution in [1.29, 1.82) is 0 Å². The van der Waals surface area contributed by atoms with Gasteiger partial charge in [0.05, 0.1) is 0 Å². The van der Waals surface area contributed by atoms with Gasteiger partial charge in [-0.3, -0.25) is 4.79 Å². The van der Waals surface area contributed by atoms with Gasteiger partial charge in [-0.15, -0.1) is 0 Å². The number of hydrogen-bond acceptors (Lipinski definition) is 2. The molecule has 2 saturated carbocycles. The van der Waals surface area contributed by atoms with Gasteiger partial charge in [0.2, 0.25) is 0 Å². The Balaban J connectivity index is 1.75. The molecular formula is C18H22O2. The van der Waals surface area contributed by atoms with Crippen LogP contribution in [0.3, 0.4) is 0 Å². The van der Waals surface area contributed by atoms with Crippen LogP contribution >= 0.6 is 0 Å². The summed E-state index contributed by atoms with van der Waals surface area (Å²) in [5, 5.41) is 9.66. The van der Waals surface area contributed by atoms with Crippen LogP contribution in [0, 0.1) is 17.3 Å². The quantitative estimate of drug-likeness (QED) is 0.778. The summed E-state index contributed by atoms with van der Waals surface area (Å²) in [6.07, 6.45) is 6.43. The maximum Gasteiger partial charge on any atom is 0.136 e. The standard InChI is InChI=1S/C18H22O2/c1-18-8-6-14-13-5-3-12(19)10-11(13)2-4-15(14)17(18)16(20)7-9-18/h3,5,10,14-15,17,19H,2,4,6-9H2,1H3/t14-,15+,17-,18+/m1/s1. The van der Waals surface area contributed by atoms with E-state index in [9.17, 15) is 9.90 Å². The van der Waals surface area contributed by atoms with Crippen LogP contribution in [0.2, 0.25) is 0 Å². The number of benzene rings is 1. The molecule has 106 valence electrons. The molecule has 0 aromatic heterocycles. The van der Waals surface area contributed by atoms with Crippen molar-refractivity contribution in [3.8, 4) is 5.75 Å². The normalized spacial score (nSPS) is 39.0. The first-order chi connectivity index (χ1) is 9.58. The molecular weight excluding hydrogens is 248 g/mol. The highest BCUT2D eigenvalue weighted by Gasteiger charge is 2.54. The lowest BCUT2D eigenvalue weighted by Crippen LogP contribution is -2.42. The van der Waals surface area contributed by atoms with Crippen molar-refractivity contribution in [1.82, 2.24) is 0 Å². The Morgan fingerprint density at radius 3 is 2.90 bits per heavy atom. The molecule has 0 heterocycles. The number of aromatic hydroxyl groups is 1. The van der Waals surface area contributed by atoms with Crippen molar-refractivity contribution in [2.45, 2.75) is 51.4 Å². The maximum absolute atomic E-state index is 12.4. The Hall–Kier alpha value is -1.31. The zero-order valence-electron chi connectivity index (χ0n) is 12.1. The van der Waals surface area contributed by atoms with Crippen LogP contribution in [0.1, 0.15) is 56.1 Å². The molecule has 0 spiro atoms. The second-order valence-corrected chi connectivity index (χ2v) is 7.33. The summed E-state index contributed by atoms with van der Waals surface area (Å²) >= 11 is 0. The van der Waals surface area contributed by atoms with E-state index >= 15 is 0 Å². The van der Waals surface area contributed by atoms with Gasteiger partial charge in [-0.25, -0.2) is 0 Å². The predicted octanol–water partition coefficient (Wildman–Crippen LogP) is 3.82. The molecule has 0 aliphatic heterocycles. The molecule has 2 fully saturated rings. The molecule has 2 nitrogen and oxygen atoms in total. The number of aryl methyl sites for hydroxylation is 1. The smallest absolute Gasteiger partial charge is 0.136 e. The van der Waals surface area contributed by atoms with E-state index in [4.69, 9.17) is 0 Å². The highest BCUT2D eigenvalue weighted by Crippen LogP contribution is 2.59. The molecule has 0 unspecified atom stereocenters. The minimum atomic E-state index is 0.271. The van der Waals surface area contributed by atoms with Crippen molar-refractivity contribution in [2.24, 2.45) is 17.3 Å². The minimum absolute atomic E-state index is 0.271. The number of Topliss-reactive ketones (excluding diaryl/α,β-unsaturated/α-hetero) is 1. The number of hydrogen-bond donors (Lipinski definition) is 1. The lowest BCUT2D eigenvalue weighted by molar-refractivity contribution is -0.126. The molecule has 3 aliphatic carbocycles. The van der Waals surface area contributed by atoms with Gasteiger partial charge in [0, 0.05) is 12.3 Å². The van der Waals surface area contributed by atoms with E-state index in [1.54, 1.807) is 0 Å². The lowest BCUT2D eigenvalue weighted by Gasteiger charge is -2.48. The predicted molar refractivity (Wildman–Crippen MR) is 77.7 cm³/mol. The minimum Gasteiger partial charge on any atom is -0.508 e. The van der Waals surface area contributed by atoms with Gasteiger partial charge >= 0.3 is 0 Å². The molecule has 20 heavy (non-hydrogen) atoms. The number of rotatable bonds is 0. The lowest BCUT2D eigenvalue weighted by atomic mass is 9.55. The molecule has 1 N–H and O–H groups in total. The fourth-order valence-electron chi connectivity index (χ4n) is 5.32. The highest BCUT2D eigenvalue weighted by molar-refractivity contribution is 5.85. The average molecular weight is 270 g/mol. The van der Waals surface area contributed by atoms with Crippen LogP contribution in [0.5, 0.6) is 5.75 Å². The van der Waals surface area contributed by atoms with E-state index in [2.05, 4.69) is 13.0 Å². The summed E-state index contributed by atoms with van der Waals surface area (Å²) in [4.78, 5) is 12.4. The zero-order chi connectivity index (χ0) is 13.9. The summed E-state index contributed by atoms with van der Waals surface area (Å²) < 4.78 is 0. The second-order valence-electron chi connectivity index (χ2n) is 7.33. The topological polar surface area (TPSA) is 37.3 Å². The summed E-state index contributed by atoms with van der Waals surface area (Å²) in [7, 11) is 0.